The van der Waals surface area contributed by atoms with Crippen LogP contribution < -0.4 is 4.90 Å². The van der Waals surface area contributed by atoms with E-state index in [1.54, 1.807) is 53.8 Å². The highest BCUT2D eigenvalue weighted by atomic mass is 32.2. The number of hydrogen-bond acceptors (Lipinski definition) is 8. The monoisotopic (exact) mass is 446 g/mol. The normalized spacial score (nSPS) is 13.6. The molecule has 9 heteroatoms. The number of thioether (sulfide) groups is 1. The smallest absolute Gasteiger partial charge is 0.227 e. The van der Waals surface area contributed by atoms with E-state index >= 15 is 0 Å². The summed E-state index contributed by atoms with van der Waals surface area (Å²) in [5.74, 6) is 1.27. The Morgan fingerprint density at radius 2 is 1.69 bits per heavy atom. The van der Waals surface area contributed by atoms with E-state index in [1.807, 2.05) is 12.1 Å². The Bertz CT molecular complexity index is 1240. The van der Waals surface area contributed by atoms with Crippen LogP contribution in [0.1, 0.15) is 23.2 Å². The minimum Gasteiger partial charge on any atom is -0.463 e. The fourth-order valence-electron chi connectivity index (χ4n) is 3.50. The largest absolute Gasteiger partial charge is 0.463 e. The van der Waals surface area contributed by atoms with Gasteiger partial charge in [-0.3, -0.25) is 9.59 Å². The van der Waals surface area contributed by atoms with Gasteiger partial charge < -0.3 is 13.7 Å². The molecule has 0 aliphatic carbocycles. The first-order chi connectivity index (χ1) is 15.7. The molecule has 0 atom stereocenters. The van der Waals surface area contributed by atoms with Crippen LogP contribution in [0.15, 0.2) is 75.0 Å². The number of benzene rings is 1. The number of amides is 1. The summed E-state index contributed by atoms with van der Waals surface area (Å²) in [7, 11) is 0. The van der Waals surface area contributed by atoms with Gasteiger partial charge in [-0.1, -0.05) is 11.8 Å². The van der Waals surface area contributed by atoms with Gasteiger partial charge in [0, 0.05) is 24.2 Å². The fraction of sp³-hybridized carbons (Fsp3) is 0.174. The predicted molar refractivity (Wildman–Crippen MR) is 118 cm³/mol. The molecule has 8 nitrogen and oxygen atoms in total. The number of aromatic nitrogens is 3. The first-order valence-corrected chi connectivity index (χ1v) is 11.1. The second kappa shape index (κ2) is 8.80. The van der Waals surface area contributed by atoms with Crippen LogP contribution in [0, 0.1) is 0 Å². The van der Waals surface area contributed by atoms with Crippen molar-refractivity contribution in [2.24, 2.45) is 0 Å². The predicted octanol–water partition coefficient (Wildman–Crippen LogP) is 4.49. The van der Waals surface area contributed by atoms with Crippen molar-refractivity contribution in [2.45, 2.75) is 18.0 Å². The third kappa shape index (κ3) is 4.06. The lowest BCUT2D eigenvalue weighted by Crippen LogP contribution is -2.23. The Kier molecular flexibility index (Phi) is 5.55. The van der Waals surface area contributed by atoms with Crippen molar-refractivity contribution in [3.8, 4) is 22.9 Å². The van der Waals surface area contributed by atoms with E-state index in [0.29, 0.717) is 40.0 Å². The zero-order valence-electron chi connectivity index (χ0n) is 16.9. The number of rotatable bonds is 7. The summed E-state index contributed by atoms with van der Waals surface area (Å²) in [6, 6.07) is 14.2. The Morgan fingerprint density at radius 3 is 2.31 bits per heavy atom. The molecule has 4 aromatic rings. The fourth-order valence-corrected chi connectivity index (χ4v) is 4.18. The molecule has 1 fully saturated rings. The van der Waals surface area contributed by atoms with Gasteiger partial charge in [0.1, 0.15) is 5.69 Å². The summed E-state index contributed by atoms with van der Waals surface area (Å²) in [5.41, 5.74) is 2.35. The first kappa shape index (κ1) is 20.2. The minimum atomic E-state index is -0.0624. The van der Waals surface area contributed by atoms with E-state index in [1.165, 1.54) is 11.8 Å². The van der Waals surface area contributed by atoms with Gasteiger partial charge in [0.25, 0.3) is 0 Å². The van der Waals surface area contributed by atoms with Crippen LogP contribution in [-0.4, -0.2) is 39.2 Å². The number of hydrogen-bond donors (Lipinski definition) is 0. The standard InChI is InChI=1S/C23H18N4O4S/c28-17(15-7-9-16(10-8-15)27-11-1-6-20(27)29)14-32-23-24-21(18-4-2-12-30-18)22(25-26-23)19-5-3-13-31-19/h2-5,7-10,12-13H,1,6,11,14H2. The molecular weight excluding hydrogens is 428 g/mol. The Morgan fingerprint density at radius 1 is 0.969 bits per heavy atom. The molecule has 1 saturated heterocycles. The summed E-state index contributed by atoms with van der Waals surface area (Å²) in [5, 5.41) is 8.76. The second-order valence-electron chi connectivity index (χ2n) is 7.15. The van der Waals surface area contributed by atoms with Crippen molar-refractivity contribution in [2.75, 3.05) is 17.2 Å². The van der Waals surface area contributed by atoms with Gasteiger partial charge in [-0.2, -0.15) is 0 Å². The first-order valence-electron chi connectivity index (χ1n) is 10.1. The summed E-state index contributed by atoms with van der Waals surface area (Å²) in [4.78, 5) is 30.9. The molecule has 0 saturated carbocycles. The molecule has 0 N–H and O–H groups in total. The highest BCUT2D eigenvalue weighted by Crippen LogP contribution is 2.30. The van der Waals surface area contributed by atoms with Crippen molar-refractivity contribution >= 4 is 29.1 Å². The zero-order valence-corrected chi connectivity index (χ0v) is 17.7. The van der Waals surface area contributed by atoms with Crippen LogP contribution in [0.3, 0.4) is 0 Å². The average Bonchev–Trinajstić information content (AvgIpc) is 3.60. The number of ketones is 1. The molecule has 0 radical (unpaired) electrons. The lowest BCUT2D eigenvalue weighted by Gasteiger charge is -2.15. The van der Waals surface area contributed by atoms with Crippen molar-refractivity contribution in [3.63, 3.8) is 0 Å². The van der Waals surface area contributed by atoms with Crippen molar-refractivity contribution in [1.82, 2.24) is 15.2 Å². The van der Waals surface area contributed by atoms with Crippen LogP contribution in [0.2, 0.25) is 0 Å². The molecule has 3 aromatic heterocycles. The van der Waals surface area contributed by atoms with E-state index in [4.69, 9.17) is 8.83 Å². The molecule has 1 aliphatic rings. The third-order valence-electron chi connectivity index (χ3n) is 5.08. The summed E-state index contributed by atoms with van der Waals surface area (Å²) in [6.45, 7) is 0.721. The summed E-state index contributed by atoms with van der Waals surface area (Å²) >= 11 is 1.20. The highest BCUT2D eigenvalue weighted by Gasteiger charge is 2.22. The molecule has 0 unspecified atom stereocenters. The lowest BCUT2D eigenvalue weighted by molar-refractivity contribution is -0.117. The molecule has 0 spiro atoms. The highest BCUT2D eigenvalue weighted by molar-refractivity contribution is 7.99. The molecule has 1 amide bonds. The molecule has 1 aromatic carbocycles. The molecule has 5 rings (SSSR count). The summed E-state index contributed by atoms with van der Waals surface area (Å²) < 4.78 is 10.9. The second-order valence-corrected chi connectivity index (χ2v) is 8.10. The Hall–Kier alpha value is -3.72. The van der Waals surface area contributed by atoms with Gasteiger partial charge in [-0.15, -0.1) is 10.2 Å². The molecule has 32 heavy (non-hydrogen) atoms. The number of furan rings is 2. The van der Waals surface area contributed by atoms with E-state index in [2.05, 4.69) is 15.2 Å². The third-order valence-corrected chi connectivity index (χ3v) is 5.92. The minimum absolute atomic E-state index is 0.0624. The summed E-state index contributed by atoms with van der Waals surface area (Å²) in [6.07, 6.45) is 4.54. The molecule has 160 valence electrons. The average molecular weight is 446 g/mol. The number of nitrogens with zero attached hydrogens (tertiary/aromatic N) is 4. The van der Waals surface area contributed by atoms with Crippen LogP contribution >= 0.6 is 11.8 Å². The maximum atomic E-state index is 12.7. The van der Waals surface area contributed by atoms with Crippen molar-refractivity contribution < 1.29 is 18.4 Å². The Labute approximate surface area is 187 Å². The number of carbonyl (C=O) groups is 2. The van der Waals surface area contributed by atoms with Gasteiger partial charge in [-0.25, -0.2) is 4.98 Å². The van der Waals surface area contributed by atoms with E-state index in [-0.39, 0.29) is 17.4 Å². The van der Waals surface area contributed by atoms with E-state index in [9.17, 15) is 9.59 Å². The van der Waals surface area contributed by atoms with E-state index < -0.39 is 0 Å². The molecule has 4 heterocycles. The van der Waals surface area contributed by atoms with Gasteiger partial charge in [0.05, 0.1) is 18.3 Å². The topological polar surface area (TPSA) is 102 Å². The zero-order chi connectivity index (χ0) is 21.9. The van der Waals surface area contributed by atoms with Crippen LogP contribution in [-0.2, 0) is 4.79 Å². The quantitative estimate of drug-likeness (QED) is 0.302. The maximum absolute atomic E-state index is 12.7. The molecule has 1 aliphatic heterocycles. The Balaban J connectivity index is 1.31. The van der Waals surface area contributed by atoms with Crippen molar-refractivity contribution in [3.05, 3.63) is 66.6 Å². The number of carbonyl (C=O) groups excluding carboxylic acids is 2. The van der Waals surface area contributed by atoms with E-state index in [0.717, 1.165) is 18.7 Å². The maximum Gasteiger partial charge on any atom is 0.227 e. The SMILES string of the molecule is O=C(CSc1nnc(-c2ccco2)c(-c2ccco2)n1)c1ccc(N2CCCC2=O)cc1. The molecular formula is C23H18N4O4S. The lowest BCUT2D eigenvalue weighted by atomic mass is 10.1. The van der Waals surface area contributed by atoms with Gasteiger partial charge in [0.15, 0.2) is 23.0 Å². The van der Waals surface area contributed by atoms with Gasteiger partial charge in [-0.05, 0) is 55.0 Å². The van der Waals surface area contributed by atoms with Crippen molar-refractivity contribution in [1.29, 1.82) is 0 Å². The van der Waals surface area contributed by atoms with Crippen LogP contribution in [0.25, 0.3) is 22.9 Å². The van der Waals surface area contributed by atoms with Crippen LogP contribution in [0.4, 0.5) is 5.69 Å². The number of Topliss-reactive ketones (excluding diaryl/α,β-unsaturated/α-hetero) is 1. The van der Waals surface area contributed by atoms with Crippen LogP contribution in [0.5, 0.6) is 0 Å². The van der Waals surface area contributed by atoms with Gasteiger partial charge >= 0.3 is 0 Å². The number of anilines is 1. The van der Waals surface area contributed by atoms with Gasteiger partial charge in [0.2, 0.25) is 11.1 Å². The molecule has 0 bridgehead atoms.